The largest absolute Gasteiger partial charge is 0.489 e. The lowest BCUT2D eigenvalue weighted by Crippen LogP contribution is -2.53. The second kappa shape index (κ2) is 11.4. The van der Waals surface area contributed by atoms with Crippen LogP contribution in [0.1, 0.15) is 42.4 Å². The summed E-state index contributed by atoms with van der Waals surface area (Å²) in [6.45, 7) is 1.82. The van der Waals surface area contributed by atoms with Crippen LogP contribution in [0.5, 0.6) is 5.75 Å². The van der Waals surface area contributed by atoms with Crippen molar-refractivity contribution in [3.63, 3.8) is 0 Å². The van der Waals surface area contributed by atoms with E-state index in [4.69, 9.17) is 16.3 Å². The fourth-order valence-electron chi connectivity index (χ4n) is 7.01. The van der Waals surface area contributed by atoms with E-state index in [9.17, 15) is 26.4 Å². The first-order chi connectivity index (χ1) is 20.5. The highest BCUT2D eigenvalue weighted by Crippen LogP contribution is 2.53. The smallest absolute Gasteiger partial charge is 0.226 e. The highest BCUT2D eigenvalue weighted by Gasteiger charge is 2.61. The number of aryl methyl sites for hydroxylation is 1. The van der Waals surface area contributed by atoms with E-state index in [2.05, 4.69) is 4.90 Å². The van der Waals surface area contributed by atoms with E-state index in [1.807, 2.05) is 7.05 Å². The van der Waals surface area contributed by atoms with E-state index in [0.29, 0.717) is 30.7 Å². The second-order valence-corrected chi connectivity index (χ2v) is 14.3. The SMILES string of the molecule is CN1CCC(C(=O)N2CC[C@@]3(S(=O)(=O)c4ccc(F)cc4)c4ccc(OCc5cc(F)c(F)cc5Cl)cc4CC[C@@H]23)CC1. The molecule has 2 aliphatic heterocycles. The molecular weight excluding hydrogens is 601 g/mol. The number of halogens is 4. The molecule has 6 nitrogen and oxygen atoms in total. The zero-order chi connectivity index (χ0) is 30.5. The van der Waals surface area contributed by atoms with Gasteiger partial charge in [-0.05, 0) is 112 Å². The molecule has 2 heterocycles. The van der Waals surface area contributed by atoms with Gasteiger partial charge in [0.05, 0.1) is 16.0 Å². The highest BCUT2D eigenvalue weighted by atomic mass is 35.5. The van der Waals surface area contributed by atoms with Gasteiger partial charge in [0.15, 0.2) is 21.5 Å². The Balaban J connectivity index is 1.36. The van der Waals surface area contributed by atoms with E-state index in [1.165, 1.54) is 12.1 Å². The quantitative estimate of drug-likeness (QED) is 0.250. The van der Waals surface area contributed by atoms with Gasteiger partial charge in [0.25, 0.3) is 0 Å². The molecule has 0 unspecified atom stereocenters. The third kappa shape index (κ3) is 5.21. The van der Waals surface area contributed by atoms with Gasteiger partial charge in [-0.1, -0.05) is 17.7 Å². The number of amides is 1. The molecule has 0 bridgehead atoms. The molecule has 1 aliphatic carbocycles. The van der Waals surface area contributed by atoms with Gasteiger partial charge < -0.3 is 14.5 Å². The predicted molar refractivity (Wildman–Crippen MR) is 156 cm³/mol. The van der Waals surface area contributed by atoms with Crippen LogP contribution in [0, 0.1) is 23.4 Å². The second-order valence-electron chi connectivity index (χ2n) is 11.7. The number of hydrogen-bond acceptors (Lipinski definition) is 5. The molecule has 0 saturated carbocycles. The van der Waals surface area contributed by atoms with Crippen molar-refractivity contribution in [1.29, 1.82) is 0 Å². The highest BCUT2D eigenvalue weighted by molar-refractivity contribution is 7.92. The number of fused-ring (bicyclic) bond motifs is 3. The molecule has 2 saturated heterocycles. The molecule has 11 heteroatoms. The molecule has 0 N–H and O–H groups in total. The Hall–Kier alpha value is -3.08. The van der Waals surface area contributed by atoms with E-state index in [1.54, 1.807) is 23.1 Å². The summed E-state index contributed by atoms with van der Waals surface area (Å²) in [4.78, 5) is 17.8. The molecule has 3 aromatic carbocycles. The minimum atomic E-state index is -4.08. The van der Waals surface area contributed by atoms with Crippen LogP contribution < -0.4 is 4.74 Å². The molecule has 2 atom stereocenters. The number of carbonyl (C=O) groups excluding carboxylic acids is 1. The van der Waals surface area contributed by atoms with Crippen LogP contribution in [0.15, 0.2) is 59.5 Å². The lowest BCUT2D eigenvalue weighted by molar-refractivity contribution is -0.138. The number of sulfone groups is 1. The Morgan fingerprint density at radius 3 is 2.40 bits per heavy atom. The Morgan fingerprint density at radius 1 is 0.977 bits per heavy atom. The molecule has 0 spiro atoms. The Morgan fingerprint density at radius 2 is 1.67 bits per heavy atom. The average Bonchev–Trinajstić information content (AvgIpc) is 3.40. The number of carbonyl (C=O) groups is 1. The van der Waals surface area contributed by atoms with E-state index in [0.717, 1.165) is 55.8 Å². The number of rotatable bonds is 6. The molecule has 3 aromatic rings. The first-order valence-electron chi connectivity index (χ1n) is 14.4. The van der Waals surface area contributed by atoms with Crippen molar-refractivity contribution in [3.05, 3.63) is 93.8 Å². The maximum atomic E-state index is 14.6. The van der Waals surface area contributed by atoms with Crippen LogP contribution >= 0.6 is 11.6 Å². The summed E-state index contributed by atoms with van der Waals surface area (Å²) >= 11 is 6.07. The Kier molecular flexibility index (Phi) is 7.98. The van der Waals surface area contributed by atoms with E-state index >= 15 is 0 Å². The zero-order valence-corrected chi connectivity index (χ0v) is 25.2. The standard InChI is InChI=1S/C32H32ClF3N2O4S/c1-37-13-10-20(11-14-37)31(39)38-15-12-32(43(40,41)25-6-3-23(34)4-7-25)26-8-5-24(16-21(26)2-9-30(32)38)42-19-22-17-28(35)29(36)18-27(22)33/h3-8,16-18,20,30H,2,9-15,19H2,1H3/t30-,32-/m1/s1. The van der Waals surface area contributed by atoms with Gasteiger partial charge in [-0.2, -0.15) is 0 Å². The topological polar surface area (TPSA) is 66.9 Å². The molecule has 1 amide bonds. The van der Waals surface area contributed by atoms with Crippen LogP contribution in [0.4, 0.5) is 13.2 Å². The summed E-state index contributed by atoms with van der Waals surface area (Å²) in [5.74, 6) is -2.35. The number of ether oxygens (including phenoxy) is 1. The maximum absolute atomic E-state index is 14.6. The van der Waals surface area contributed by atoms with Gasteiger partial charge in [-0.25, -0.2) is 21.6 Å². The summed E-state index contributed by atoms with van der Waals surface area (Å²) in [5.41, 5.74) is 1.64. The van der Waals surface area contributed by atoms with Gasteiger partial charge in [-0.3, -0.25) is 4.79 Å². The van der Waals surface area contributed by atoms with E-state index < -0.39 is 38.1 Å². The van der Waals surface area contributed by atoms with Crippen molar-refractivity contribution in [2.45, 2.75) is 54.4 Å². The van der Waals surface area contributed by atoms with Crippen LogP contribution in [-0.4, -0.2) is 56.8 Å². The minimum Gasteiger partial charge on any atom is -0.489 e. The summed E-state index contributed by atoms with van der Waals surface area (Å²) in [6, 6.07) is 11.3. The third-order valence-corrected chi connectivity index (χ3v) is 12.2. The number of hydrogen-bond donors (Lipinski definition) is 0. The van der Waals surface area contributed by atoms with E-state index in [-0.39, 0.29) is 40.3 Å². The van der Waals surface area contributed by atoms with Crippen molar-refractivity contribution < 1.29 is 31.1 Å². The van der Waals surface area contributed by atoms with Crippen molar-refractivity contribution >= 4 is 27.3 Å². The molecule has 2 fully saturated rings. The lowest BCUT2D eigenvalue weighted by Gasteiger charge is -2.43. The van der Waals surface area contributed by atoms with Gasteiger partial charge in [0, 0.05) is 18.0 Å². The fraction of sp³-hybridized carbons (Fsp3) is 0.406. The molecule has 228 valence electrons. The molecule has 0 aromatic heterocycles. The summed E-state index contributed by atoms with van der Waals surface area (Å²) < 4.78 is 74.7. The third-order valence-electron chi connectivity index (χ3n) is 9.30. The van der Waals surface area contributed by atoms with Crippen LogP contribution in [-0.2, 0) is 32.4 Å². The van der Waals surface area contributed by atoms with Gasteiger partial charge in [0.2, 0.25) is 5.91 Å². The predicted octanol–water partition coefficient (Wildman–Crippen LogP) is 5.89. The maximum Gasteiger partial charge on any atom is 0.226 e. The van der Waals surface area contributed by atoms with Crippen LogP contribution in [0.3, 0.4) is 0 Å². The Bertz CT molecular complexity index is 1660. The lowest BCUT2D eigenvalue weighted by atomic mass is 9.78. The summed E-state index contributed by atoms with van der Waals surface area (Å²) in [5, 5.41) is 0.0318. The van der Waals surface area contributed by atoms with Crippen molar-refractivity contribution in [1.82, 2.24) is 9.80 Å². The van der Waals surface area contributed by atoms with Crippen molar-refractivity contribution in [2.75, 3.05) is 26.7 Å². The van der Waals surface area contributed by atoms with Gasteiger partial charge in [-0.15, -0.1) is 0 Å². The number of nitrogens with zero attached hydrogens (tertiary/aromatic N) is 2. The Labute approximate surface area is 254 Å². The fourth-order valence-corrected chi connectivity index (χ4v) is 9.58. The molecular formula is C32H32ClF3N2O4S. The van der Waals surface area contributed by atoms with Crippen molar-refractivity contribution in [2.24, 2.45) is 5.92 Å². The van der Waals surface area contributed by atoms with Gasteiger partial charge >= 0.3 is 0 Å². The number of piperidine rings is 1. The molecule has 6 rings (SSSR count). The molecule has 3 aliphatic rings. The monoisotopic (exact) mass is 632 g/mol. The first kappa shape index (κ1) is 30.0. The summed E-state index contributed by atoms with van der Waals surface area (Å²) in [6.07, 6.45) is 2.63. The number of benzene rings is 3. The number of likely N-dealkylation sites (tertiary alicyclic amines) is 2. The van der Waals surface area contributed by atoms with Crippen molar-refractivity contribution in [3.8, 4) is 5.75 Å². The zero-order valence-electron chi connectivity index (χ0n) is 23.7. The van der Waals surface area contributed by atoms with Crippen LogP contribution in [0.2, 0.25) is 5.02 Å². The normalized spacial score (nSPS) is 22.7. The molecule has 43 heavy (non-hydrogen) atoms. The van der Waals surface area contributed by atoms with Gasteiger partial charge in [0.1, 0.15) is 22.9 Å². The molecule has 0 radical (unpaired) electrons. The average molecular weight is 633 g/mol. The summed E-state index contributed by atoms with van der Waals surface area (Å²) in [7, 11) is -2.06. The van der Waals surface area contributed by atoms with Crippen LogP contribution in [0.25, 0.3) is 0 Å². The first-order valence-corrected chi connectivity index (χ1v) is 16.3. The minimum absolute atomic E-state index is 0.00101.